The number of methoxy groups -OCH3 is 1. The third-order valence-electron chi connectivity index (χ3n) is 4.07. The lowest BCUT2D eigenvalue weighted by Crippen LogP contribution is -2.37. The highest BCUT2D eigenvalue weighted by Gasteiger charge is 2.32. The van der Waals surface area contributed by atoms with Crippen LogP contribution in [0, 0.1) is 5.92 Å². The molecule has 1 N–H and O–H groups in total. The minimum absolute atomic E-state index is 0.284. The Morgan fingerprint density at radius 3 is 2.70 bits per heavy atom. The van der Waals surface area contributed by atoms with Crippen molar-refractivity contribution in [2.24, 2.45) is 5.92 Å². The molecule has 1 saturated carbocycles. The number of hydrogen-bond acceptors (Lipinski definition) is 4. The largest absolute Gasteiger partial charge is 0.486 e. The van der Waals surface area contributed by atoms with Crippen molar-refractivity contribution >= 4 is 0 Å². The molecule has 0 saturated heterocycles. The van der Waals surface area contributed by atoms with Gasteiger partial charge in [0.05, 0.1) is 6.61 Å². The number of ether oxygens (including phenoxy) is 3. The number of nitrogens with one attached hydrogen (secondary N) is 1. The normalized spacial score (nSPS) is 20.5. The maximum Gasteiger partial charge on any atom is 0.161 e. The number of hydrogen-bond donors (Lipinski definition) is 1. The topological polar surface area (TPSA) is 39.7 Å². The van der Waals surface area contributed by atoms with E-state index in [1.807, 2.05) is 6.07 Å². The van der Waals surface area contributed by atoms with Crippen LogP contribution in [-0.2, 0) is 4.74 Å². The average Bonchev–Trinajstić information content (AvgIpc) is 3.31. The van der Waals surface area contributed by atoms with Crippen LogP contribution in [0.5, 0.6) is 11.5 Å². The molecule has 4 nitrogen and oxygen atoms in total. The molecule has 1 aromatic rings. The Morgan fingerprint density at radius 1 is 1.25 bits per heavy atom. The fraction of sp³-hybridized carbons (Fsp3) is 0.625. The summed E-state index contributed by atoms with van der Waals surface area (Å²) in [7, 11) is 1.77. The van der Waals surface area contributed by atoms with E-state index in [2.05, 4.69) is 24.4 Å². The highest BCUT2D eigenvalue weighted by molar-refractivity contribution is 5.44. The maximum atomic E-state index is 5.65. The van der Waals surface area contributed by atoms with Crippen LogP contribution in [0.15, 0.2) is 18.2 Å². The van der Waals surface area contributed by atoms with E-state index in [9.17, 15) is 0 Å². The first-order valence-corrected chi connectivity index (χ1v) is 7.42. The van der Waals surface area contributed by atoms with E-state index in [-0.39, 0.29) is 6.04 Å². The monoisotopic (exact) mass is 277 g/mol. The average molecular weight is 277 g/mol. The molecule has 3 rings (SSSR count). The van der Waals surface area contributed by atoms with Crippen LogP contribution in [0.2, 0.25) is 0 Å². The van der Waals surface area contributed by atoms with E-state index in [4.69, 9.17) is 14.2 Å². The number of benzene rings is 1. The first-order chi connectivity index (χ1) is 9.78. The van der Waals surface area contributed by atoms with E-state index >= 15 is 0 Å². The Morgan fingerprint density at radius 2 is 2.00 bits per heavy atom. The molecule has 2 unspecified atom stereocenters. The molecule has 0 radical (unpaired) electrons. The van der Waals surface area contributed by atoms with E-state index in [0.29, 0.717) is 19.3 Å². The summed E-state index contributed by atoms with van der Waals surface area (Å²) in [5.74, 6) is 2.48. The van der Waals surface area contributed by atoms with Crippen LogP contribution in [0.3, 0.4) is 0 Å². The van der Waals surface area contributed by atoms with Crippen molar-refractivity contribution in [1.29, 1.82) is 0 Å². The summed E-state index contributed by atoms with van der Waals surface area (Å²) in [6.45, 7) is 4.24. The van der Waals surface area contributed by atoms with Gasteiger partial charge in [0, 0.05) is 19.2 Å². The second-order valence-electron chi connectivity index (χ2n) is 5.69. The molecule has 110 valence electrons. The summed E-state index contributed by atoms with van der Waals surface area (Å²) in [6.07, 6.45) is 2.63. The second kappa shape index (κ2) is 6.02. The molecule has 0 aromatic heterocycles. The van der Waals surface area contributed by atoms with Gasteiger partial charge in [0.15, 0.2) is 11.5 Å². The third kappa shape index (κ3) is 3.07. The Kier molecular flexibility index (Phi) is 4.13. The molecule has 0 spiro atoms. The minimum atomic E-state index is 0.284. The van der Waals surface area contributed by atoms with Gasteiger partial charge in [-0.05, 0) is 43.4 Å². The van der Waals surface area contributed by atoms with Gasteiger partial charge in [-0.3, -0.25) is 0 Å². The molecular formula is C16H23NO3. The fourth-order valence-electron chi connectivity index (χ4n) is 2.75. The Labute approximate surface area is 120 Å². The zero-order valence-corrected chi connectivity index (χ0v) is 12.2. The van der Waals surface area contributed by atoms with E-state index in [1.165, 1.54) is 18.4 Å². The Hall–Kier alpha value is -1.26. The van der Waals surface area contributed by atoms with Gasteiger partial charge in [0.1, 0.15) is 13.2 Å². The number of fused-ring (bicyclic) bond motifs is 1. The summed E-state index contributed by atoms with van der Waals surface area (Å²) in [6, 6.07) is 6.93. The lowest BCUT2D eigenvalue weighted by Gasteiger charge is -2.25. The van der Waals surface area contributed by atoms with Gasteiger partial charge < -0.3 is 19.5 Å². The maximum absolute atomic E-state index is 5.65. The zero-order valence-electron chi connectivity index (χ0n) is 12.2. The molecule has 1 fully saturated rings. The van der Waals surface area contributed by atoms with Crippen molar-refractivity contribution in [3.63, 3.8) is 0 Å². The molecule has 0 bridgehead atoms. The predicted molar refractivity (Wildman–Crippen MR) is 77.4 cm³/mol. The molecule has 20 heavy (non-hydrogen) atoms. The molecule has 2 atom stereocenters. The molecule has 0 amide bonds. The highest BCUT2D eigenvalue weighted by Crippen LogP contribution is 2.35. The molecule has 2 aliphatic rings. The summed E-state index contributed by atoms with van der Waals surface area (Å²) in [4.78, 5) is 0. The Bertz CT molecular complexity index is 459. The lowest BCUT2D eigenvalue weighted by molar-refractivity contribution is 0.152. The zero-order chi connectivity index (χ0) is 13.9. The van der Waals surface area contributed by atoms with Crippen molar-refractivity contribution in [2.45, 2.75) is 31.8 Å². The van der Waals surface area contributed by atoms with E-state index in [1.54, 1.807) is 7.11 Å². The molecule has 1 aliphatic heterocycles. The fourth-order valence-corrected chi connectivity index (χ4v) is 2.75. The van der Waals surface area contributed by atoms with Gasteiger partial charge in [-0.15, -0.1) is 0 Å². The van der Waals surface area contributed by atoms with Crippen LogP contribution in [0.4, 0.5) is 0 Å². The first kappa shape index (κ1) is 13.7. The number of rotatable bonds is 6. The van der Waals surface area contributed by atoms with Crippen LogP contribution < -0.4 is 14.8 Å². The van der Waals surface area contributed by atoms with Crippen molar-refractivity contribution in [3.05, 3.63) is 23.8 Å². The van der Waals surface area contributed by atoms with Crippen molar-refractivity contribution < 1.29 is 14.2 Å². The Balaban J connectivity index is 1.68. The molecule has 1 heterocycles. The van der Waals surface area contributed by atoms with Crippen LogP contribution >= 0.6 is 0 Å². The van der Waals surface area contributed by atoms with Crippen LogP contribution in [-0.4, -0.2) is 33.0 Å². The van der Waals surface area contributed by atoms with Crippen molar-refractivity contribution in [1.82, 2.24) is 5.32 Å². The van der Waals surface area contributed by atoms with Crippen LogP contribution in [0.25, 0.3) is 0 Å². The van der Waals surface area contributed by atoms with Crippen LogP contribution in [0.1, 0.15) is 31.4 Å². The predicted octanol–water partition coefficient (Wildman–Crippen LogP) is 2.53. The quantitative estimate of drug-likeness (QED) is 0.867. The van der Waals surface area contributed by atoms with Gasteiger partial charge in [0.2, 0.25) is 0 Å². The molecule has 1 aromatic carbocycles. The SMILES string of the molecule is COCC(NC(C)c1ccc2c(c1)OCCO2)C1CC1. The van der Waals surface area contributed by atoms with Gasteiger partial charge in [-0.25, -0.2) is 0 Å². The van der Waals surface area contributed by atoms with Crippen molar-refractivity contribution in [3.8, 4) is 11.5 Å². The van der Waals surface area contributed by atoms with E-state index < -0.39 is 0 Å². The van der Waals surface area contributed by atoms with Gasteiger partial charge >= 0.3 is 0 Å². The molecule has 1 aliphatic carbocycles. The second-order valence-corrected chi connectivity index (χ2v) is 5.69. The smallest absolute Gasteiger partial charge is 0.161 e. The summed E-state index contributed by atoms with van der Waals surface area (Å²) in [5.41, 5.74) is 1.23. The minimum Gasteiger partial charge on any atom is -0.486 e. The third-order valence-corrected chi connectivity index (χ3v) is 4.07. The summed E-state index contributed by atoms with van der Waals surface area (Å²) in [5, 5.41) is 3.68. The van der Waals surface area contributed by atoms with Gasteiger partial charge in [0.25, 0.3) is 0 Å². The van der Waals surface area contributed by atoms with E-state index in [0.717, 1.165) is 24.0 Å². The van der Waals surface area contributed by atoms with Crippen molar-refractivity contribution in [2.75, 3.05) is 26.9 Å². The summed E-state index contributed by atoms with van der Waals surface area (Å²) < 4.78 is 16.5. The van der Waals surface area contributed by atoms with Gasteiger partial charge in [-0.2, -0.15) is 0 Å². The molecule has 4 heteroatoms. The standard InChI is InChI=1S/C16H23NO3/c1-11(17-14(10-18-2)12-3-4-12)13-5-6-15-16(9-13)20-8-7-19-15/h5-6,9,11-12,14,17H,3-4,7-8,10H2,1-2H3. The first-order valence-electron chi connectivity index (χ1n) is 7.42. The lowest BCUT2D eigenvalue weighted by atomic mass is 10.1. The summed E-state index contributed by atoms with van der Waals surface area (Å²) >= 11 is 0. The highest BCUT2D eigenvalue weighted by atomic mass is 16.6. The van der Waals surface area contributed by atoms with Gasteiger partial charge in [-0.1, -0.05) is 6.07 Å². The molecular weight excluding hydrogens is 254 g/mol.